The summed E-state index contributed by atoms with van der Waals surface area (Å²) in [4.78, 5) is 2.75. The molecular formula is C14H28N2. The zero-order valence-electron chi connectivity index (χ0n) is 10.8. The molecule has 0 aromatic heterocycles. The summed E-state index contributed by atoms with van der Waals surface area (Å²) in [6.07, 6.45) is 9.92. The van der Waals surface area contributed by atoms with E-state index in [2.05, 4.69) is 11.8 Å². The molecule has 2 aliphatic rings. The monoisotopic (exact) mass is 224 g/mol. The van der Waals surface area contributed by atoms with E-state index in [-0.39, 0.29) is 0 Å². The molecule has 0 spiro atoms. The third kappa shape index (κ3) is 2.98. The molecule has 0 radical (unpaired) electrons. The van der Waals surface area contributed by atoms with E-state index in [4.69, 9.17) is 5.73 Å². The molecule has 3 atom stereocenters. The van der Waals surface area contributed by atoms with Gasteiger partial charge in [-0.25, -0.2) is 0 Å². The van der Waals surface area contributed by atoms with Crippen molar-refractivity contribution >= 4 is 0 Å². The van der Waals surface area contributed by atoms with Gasteiger partial charge >= 0.3 is 0 Å². The minimum Gasteiger partial charge on any atom is -0.330 e. The number of piperidine rings is 1. The second-order valence-electron chi connectivity index (χ2n) is 5.83. The standard InChI is InChI=1S/C14H28N2/c1-2-12-5-3-7-14(9-12)16-8-4-6-13(10-15)11-16/h12-14H,2-11,15H2,1H3. The van der Waals surface area contributed by atoms with Gasteiger partial charge in [-0.3, -0.25) is 0 Å². The van der Waals surface area contributed by atoms with Crippen LogP contribution in [0.1, 0.15) is 51.9 Å². The van der Waals surface area contributed by atoms with E-state index in [1.54, 1.807) is 0 Å². The number of nitrogens with zero attached hydrogens (tertiary/aromatic N) is 1. The average Bonchev–Trinajstić information content (AvgIpc) is 2.39. The van der Waals surface area contributed by atoms with Gasteiger partial charge in [-0.2, -0.15) is 0 Å². The Hall–Kier alpha value is -0.0800. The highest BCUT2D eigenvalue weighted by molar-refractivity contribution is 4.84. The molecule has 1 saturated heterocycles. The van der Waals surface area contributed by atoms with E-state index in [0.29, 0.717) is 0 Å². The third-order valence-electron chi connectivity index (χ3n) is 4.73. The smallest absolute Gasteiger partial charge is 0.00980 e. The van der Waals surface area contributed by atoms with Crippen molar-refractivity contribution in [3.8, 4) is 0 Å². The van der Waals surface area contributed by atoms with E-state index < -0.39 is 0 Å². The molecule has 16 heavy (non-hydrogen) atoms. The molecule has 1 saturated carbocycles. The minimum absolute atomic E-state index is 0.774. The maximum Gasteiger partial charge on any atom is 0.00980 e. The van der Waals surface area contributed by atoms with Crippen molar-refractivity contribution < 1.29 is 0 Å². The molecule has 2 fully saturated rings. The van der Waals surface area contributed by atoms with Gasteiger partial charge in [0, 0.05) is 12.6 Å². The van der Waals surface area contributed by atoms with Crippen LogP contribution in [-0.2, 0) is 0 Å². The zero-order valence-corrected chi connectivity index (χ0v) is 10.8. The molecule has 0 aromatic rings. The summed E-state index contributed by atoms with van der Waals surface area (Å²) in [6.45, 7) is 5.85. The normalized spacial score (nSPS) is 37.5. The largest absolute Gasteiger partial charge is 0.330 e. The van der Waals surface area contributed by atoms with Crippen LogP contribution in [0.2, 0.25) is 0 Å². The van der Waals surface area contributed by atoms with Gasteiger partial charge in [-0.1, -0.05) is 26.2 Å². The highest BCUT2D eigenvalue weighted by atomic mass is 15.2. The van der Waals surface area contributed by atoms with Gasteiger partial charge in [0.2, 0.25) is 0 Å². The fraction of sp³-hybridized carbons (Fsp3) is 1.00. The Morgan fingerprint density at radius 2 is 1.94 bits per heavy atom. The summed E-state index contributed by atoms with van der Waals surface area (Å²) >= 11 is 0. The zero-order chi connectivity index (χ0) is 11.4. The van der Waals surface area contributed by atoms with Crippen molar-refractivity contribution in [3.63, 3.8) is 0 Å². The van der Waals surface area contributed by atoms with Crippen molar-refractivity contribution in [1.82, 2.24) is 4.90 Å². The van der Waals surface area contributed by atoms with E-state index in [0.717, 1.165) is 24.4 Å². The van der Waals surface area contributed by atoms with Crippen LogP contribution in [0, 0.1) is 11.8 Å². The van der Waals surface area contributed by atoms with Gasteiger partial charge in [0.05, 0.1) is 0 Å². The summed E-state index contributed by atoms with van der Waals surface area (Å²) in [6, 6.07) is 0.882. The quantitative estimate of drug-likeness (QED) is 0.798. The molecule has 2 nitrogen and oxygen atoms in total. The maximum atomic E-state index is 5.82. The van der Waals surface area contributed by atoms with Crippen LogP contribution in [0.3, 0.4) is 0 Å². The van der Waals surface area contributed by atoms with E-state index in [1.165, 1.54) is 58.0 Å². The second kappa shape index (κ2) is 6.02. The lowest BCUT2D eigenvalue weighted by atomic mass is 9.82. The molecule has 3 unspecified atom stereocenters. The first-order valence-electron chi connectivity index (χ1n) is 7.27. The lowest BCUT2D eigenvalue weighted by Crippen LogP contribution is -2.46. The van der Waals surface area contributed by atoms with Crippen LogP contribution in [-0.4, -0.2) is 30.6 Å². The van der Waals surface area contributed by atoms with Crippen LogP contribution < -0.4 is 5.73 Å². The first kappa shape index (κ1) is 12.4. The van der Waals surface area contributed by atoms with Crippen LogP contribution in [0.15, 0.2) is 0 Å². The minimum atomic E-state index is 0.774. The van der Waals surface area contributed by atoms with Crippen molar-refractivity contribution in [1.29, 1.82) is 0 Å². The van der Waals surface area contributed by atoms with Crippen LogP contribution in [0.5, 0.6) is 0 Å². The Balaban J connectivity index is 1.85. The second-order valence-corrected chi connectivity index (χ2v) is 5.83. The van der Waals surface area contributed by atoms with E-state index in [1.807, 2.05) is 0 Å². The summed E-state index contributed by atoms with van der Waals surface area (Å²) in [7, 11) is 0. The fourth-order valence-corrected chi connectivity index (χ4v) is 3.59. The van der Waals surface area contributed by atoms with Gasteiger partial charge in [0.15, 0.2) is 0 Å². The first-order valence-corrected chi connectivity index (χ1v) is 7.27. The number of nitrogens with two attached hydrogens (primary N) is 1. The fourth-order valence-electron chi connectivity index (χ4n) is 3.59. The number of rotatable bonds is 3. The number of likely N-dealkylation sites (tertiary alicyclic amines) is 1. The van der Waals surface area contributed by atoms with Crippen molar-refractivity contribution in [2.45, 2.75) is 57.9 Å². The van der Waals surface area contributed by atoms with Gasteiger partial charge in [-0.15, -0.1) is 0 Å². The highest BCUT2D eigenvalue weighted by Gasteiger charge is 2.29. The van der Waals surface area contributed by atoms with Crippen molar-refractivity contribution in [2.24, 2.45) is 17.6 Å². The molecule has 1 aliphatic heterocycles. The maximum absolute atomic E-state index is 5.82. The highest BCUT2D eigenvalue weighted by Crippen LogP contribution is 2.31. The predicted octanol–water partition coefficient (Wildman–Crippen LogP) is 2.63. The summed E-state index contributed by atoms with van der Waals surface area (Å²) in [5.41, 5.74) is 5.82. The Morgan fingerprint density at radius 1 is 1.12 bits per heavy atom. The Bertz CT molecular complexity index is 183. The lowest BCUT2D eigenvalue weighted by molar-refractivity contribution is 0.0835. The van der Waals surface area contributed by atoms with Gasteiger partial charge in [-0.05, 0) is 50.6 Å². The summed E-state index contributed by atoms with van der Waals surface area (Å²) < 4.78 is 0. The van der Waals surface area contributed by atoms with Crippen molar-refractivity contribution in [3.05, 3.63) is 0 Å². The summed E-state index contributed by atoms with van der Waals surface area (Å²) in [5.74, 6) is 1.77. The molecular weight excluding hydrogens is 196 g/mol. The summed E-state index contributed by atoms with van der Waals surface area (Å²) in [5, 5.41) is 0. The topological polar surface area (TPSA) is 29.3 Å². The molecule has 0 bridgehead atoms. The number of hydrogen-bond donors (Lipinski definition) is 1. The number of hydrogen-bond acceptors (Lipinski definition) is 2. The molecule has 2 heteroatoms. The third-order valence-corrected chi connectivity index (χ3v) is 4.73. The Kier molecular flexibility index (Phi) is 4.66. The lowest BCUT2D eigenvalue weighted by Gasteiger charge is -2.41. The molecule has 2 rings (SSSR count). The van der Waals surface area contributed by atoms with Crippen LogP contribution in [0.4, 0.5) is 0 Å². The molecule has 1 heterocycles. The van der Waals surface area contributed by atoms with Crippen molar-refractivity contribution in [2.75, 3.05) is 19.6 Å². The van der Waals surface area contributed by atoms with Gasteiger partial charge in [0.25, 0.3) is 0 Å². The molecule has 0 aromatic carbocycles. The Morgan fingerprint density at radius 3 is 2.69 bits per heavy atom. The van der Waals surface area contributed by atoms with Gasteiger partial charge in [0.1, 0.15) is 0 Å². The SMILES string of the molecule is CCC1CCCC(N2CCCC(CN)C2)C1. The van der Waals surface area contributed by atoms with Crippen LogP contribution in [0.25, 0.3) is 0 Å². The molecule has 1 aliphatic carbocycles. The predicted molar refractivity (Wildman–Crippen MR) is 69.4 cm³/mol. The molecule has 2 N–H and O–H groups in total. The first-order chi connectivity index (χ1) is 7.83. The average molecular weight is 224 g/mol. The van der Waals surface area contributed by atoms with Gasteiger partial charge < -0.3 is 10.6 Å². The van der Waals surface area contributed by atoms with E-state index >= 15 is 0 Å². The molecule has 0 amide bonds. The van der Waals surface area contributed by atoms with Crippen LogP contribution >= 0.6 is 0 Å². The van der Waals surface area contributed by atoms with E-state index in [9.17, 15) is 0 Å². The molecule has 94 valence electrons. The Labute approximate surface area is 101 Å².